The lowest BCUT2D eigenvalue weighted by Gasteiger charge is -2.33. The molecule has 1 aromatic rings. The number of halogens is 4. The molecule has 4 N–H and O–H groups in total. The van der Waals surface area contributed by atoms with Gasteiger partial charge in [-0.1, -0.05) is 0 Å². The van der Waals surface area contributed by atoms with E-state index in [0.29, 0.717) is 6.42 Å². The Morgan fingerprint density at radius 2 is 1.91 bits per heavy atom. The molecule has 0 aromatic heterocycles. The Labute approximate surface area is 130 Å². The molecule has 1 heterocycles. The third-order valence-corrected chi connectivity index (χ3v) is 3.41. The smallest absolute Gasteiger partial charge is 0.310 e. The van der Waals surface area contributed by atoms with Crippen LogP contribution in [0.3, 0.4) is 0 Å². The molecule has 1 aromatic carbocycles. The van der Waals surface area contributed by atoms with Crippen LogP contribution in [0.1, 0.15) is 18.9 Å². The summed E-state index contributed by atoms with van der Waals surface area (Å²) in [7, 11) is 0. The van der Waals surface area contributed by atoms with Crippen LogP contribution in [0.5, 0.6) is 0 Å². The molecule has 1 aliphatic rings. The first kappa shape index (κ1) is 16.9. The van der Waals surface area contributed by atoms with Gasteiger partial charge in [-0.3, -0.25) is 10.6 Å². The zero-order valence-electron chi connectivity index (χ0n) is 11.7. The zero-order valence-corrected chi connectivity index (χ0v) is 12.4. The number of benzene rings is 1. The zero-order chi connectivity index (χ0) is 16.3. The quantitative estimate of drug-likeness (QED) is 0.496. The summed E-state index contributed by atoms with van der Waals surface area (Å²) in [6, 6.07) is 3.77. The molecule has 2 rings (SSSR count). The summed E-state index contributed by atoms with van der Waals surface area (Å²) in [6.07, 6.45) is -4.21. The second-order valence-electron chi connectivity index (χ2n) is 5.04. The van der Waals surface area contributed by atoms with E-state index in [9.17, 15) is 18.0 Å². The predicted molar refractivity (Wildman–Crippen MR) is 77.4 cm³/mol. The number of carbonyl (C=O) groups excluding carboxylic acids is 1. The van der Waals surface area contributed by atoms with E-state index >= 15 is 0 Å². The second-order valence-corrected chi connectivity index (χ2v) is 5.57. The van der Waals surface area contributed by atoms with E-state index in [1.165, 1.54) is 12.1 Å². The lowest BCUT2D eigenvalue weighted by atomic mass is 10.2. The molecule has 3 atom stereocenters. The van der Waals surface area contributed by atoms with E-state index < -0.39 is 24.1 Å². The van der Waals surface area contributed by atoms with E-state index in [-0.39, 0.29) is 17.2 Å². The minimum absolute atomic E-state index is 0.125. The number of rotatable bonds is 2. The highest BCUT2D eigenvalue weighted by Crippen LogP contribution is 2.29. The first-order valence-electron chi connectivity index (χ1n) is 6.65. The molecule has 1 fully saturated rings. The van der Waals surface area contributed by atoms with Crippen molar-refractivity contribution in [3.05, 3.63) is 29.8 Å². The third kappa shape index (κ3) is 4.75. The van der Waals surface area contributed by atoms with Crippen LogP contribution in [0.25, 0.3) is 0 Å². The molecular weight excluding hydrogens is 321 g/mol. The highest BCUT2D eigenvalue weighted by molar-refractivity contribution is 6.20. The van der Waals surface area contributed by atoms with Crippen molar-refractivity contribution >= 4 is 23.3 Å². The van der Waals surface area contributed by atoms with E-state index in [4.69, 9.17) is 11.6 Å². The average Bonchev–Trinajstić information content (AvgIpc) is 2.36. The van der Waals surface area contributed by atoms with Gasteiger partial charge in [0, 0.05) is 11.7 Å². The van der Waals surface area contributed by atoms with E-state index in [1.807, 2.05) is 6.92 Å². The lowest BCUT2D eigenvalue weighted by Crippen LogP contribution is -2.63. The molecule has 2 amide bonds. The summed E-state index contributed by atoms with van der Waals surface area (Å²) in [4.78, 5) is 11.8. The summed E-state index contributed by atoms with van der Waals surface area (Å²) >= 11 is 5.98. The highest BCUT2D eigenvalue weighted by Gasteiger charge is 2.30. The van der Waals surface area contributed by atoms with Crippen LogP contribution in [0.15, 0.2) is 24.3 Å². The first-order valence-corrected chi connectivity index (χ1v) is 7.08. The summed E-state index contributed by atoms with van der Waals surface area (Å²) < 4.78 is 37.3. The number of carbonyl (C=O) groups is 1. The number of alkyl halides is 4. The molecule has 5 nitrogen and oxygen atoms in total. The maximum atomic E-state index is 12.4. The van der Waals surface area contributed by atoms with Crippen LogP contribution in [-0.4, -0.2) is 23.9 Å². The van der Waals surface area contributed by atoms with Crippen molar-refractivity contribution in [1.82, 2.24) is 16.0 Å². The predicted octanol–water partition coefficient (Wildman–Crippen LogP) is 2.65. The van der Waals surface area contributed by atoms with Crippen LogP contribution in [-0.2, 0) is 6.18 Å². The van der Waals surface area contributed by atoms with Crippen LogP contribution >= 0.6 is 11.6 Å². The van der Waals surface area contributed by atoms with Crippen molar-refractivity contribution in [3.63, 3.8) is 0 Å². The largest absolute Gasteiger partial charge is 0.416 e. The van der Waals surface area contributed by atoms with Gasteiger partial charge in [0.25, 0.3) is 0 Å². The van der Waals surface area contributed by atoms with Gasteiger partial charge in [0.2, 0.25) is 0 Å². The van der Waals surface area contributed by atoms with Gasteiger partial charge in [-0.2, -0.15) is 13.2 Å². The van der Waals surface area contributed by atoms with Gasteiger partial charge in [-0.25, -0.2) is 4.79 Å². The maximum Gasteiger partial charge on any atom is 0.416 e. The number of anilines is 1. The Balaban J connectivity index is 1.89. The number of hydrogen-bond donors (Lipinski definition) is 4. The van der Waals surface area contributed by atoms with E-state index in [2.05, 4.69) is 21.3 Å². The minimum Gasteiger partial charge on any atom is -0.310 e. The molecule has 3 unspecified atom stereocenters. The number of urea groups is 1. The SMILES string of the molecule is CC1CC(Cl)NC(NC(=O)Nc2ccc(C(F)(F)F)cc2)N1. The van der Waals surface area contributed by atoms with Crippen LogP contribution in [0, 0.1) is 0 Å². The van der Waals surface area contributed by atoms with Crippen LogP contribution in [0.2, 0.25) is 0 Å². The Bertz CT molecular complexity index is 513. The fraction of sp³-hybridized carbons (Fsp3) is 0.462. The monoisotopic (exact) mass is 336 g/mol. The van der Waals surface area contributed by atoms with Crippen molar-refractivity contribution in [2.75, 3.05) is 5.32 Å². The molecule has 0 spiro atoms. The fourth-order valence-electron chi connectivity index (χ4n) is 2.08. The van der Waals surface area contributed by atoms with Crippen molar-refractivity contribution < 1.29 is 18.0 Å². The van der Waals surface area contributed by atoms with Gasteiger partial charge in [0.05, 0.1) is 11.1 Å². The number of amides is 2. The van der Waals surface area contributed by atoms with Gasteiger partial charge in [-0.05, 0) is 37.6 Å². The normalized spacial score (nSPS) is 25.6. The topological polar surface area (TPSA) is 65.2 Å². The molecule has 1 saturated heterocycles. The Hall–Kier alpha value is -1.51. The van der Waals surface area contributed by atoms with Crippen LogP contribution in [0.4, 0.5) is 23.7 Å². The van der Waals surface area contributed by atoms with Crippen molar-refractivity contribution in [2.24, 2.45) is 0 Å². The molecule has 22 heavy (non-hydrogen) atoms. The van der Waals surface area contributed by atoms with Crippen LogP contribution < -0.4 is 21.3 Å². The summed E-state index contributed by atoms with van der Waals surface area (Å²) in [5.41, 5.74) is -0.780. The maximum absolute atomic E-state index is 12.4. The van der Waals surface area contributed by atoms with E-state index in [0.717, 1.165) is 12.1 Å². The summed E-state index contributed by atoms with van der Waals surface area (Å²) in [5, 5.41) is 11.1. The Morgan fingerprint density at radius 1 is 1.27 bits per heavy atom. The molecule has 0 bridgehead atoms. The summed E-state index contributed by atoms with van der Waals surface area (Å²) in [6.45, 7) is 1.93. The molecule has 0 saturated carbocycles. The Kier molecular flexibility index (Phi) is 5.15. The standard InChI is InChI=1S/C13H16ClF3N4O/c1-7-6-10(14)20-11(18-7)21-12(22)19-9-4-2-8(3-5-9)13(15,16)17/h2-5,7,10-11,18,20H,6H2,1H3,(H2,19,21,22). The van der Waals surface area contributed by atoms with Gasteiger partial charge >= 0.3 is 12.2 Å². The minimum atomic E-state index is -4.40. The average molecular weight is 337 g/mol. The van der Waals surface area contributed by atoms with Crippen molar-refractivity contribution in [1.29, 1.82) is 0 Å². The molecule has 122 valence electrons. The number of hydrogen-bond acceptors (Lipinski definition) is 3. The Morgan fingerprint density at radius 3 is 2.45 bits per heavy atom. The van der Waals surface area contributed by atoms with Gasteiger partial charge < -0.3 is 10.6 Å². The van der Waals surface area contributed by atoms with Crippen molar-refractivity contribution in [2.45, 2.75) is 37.4 Å². The first-order chi connectivity index (χ1) is 10.2. The summed E-state index contributed by atoms with van der Waals surface area (Å²) in [5.74, 6) is 0. The molecule has 0 radical (unpaired) electrons. The second kappa shape index (κ2) is 6.72. The number of nitrogens with one attached hydrogen (secondary N) is 4. The molecule has 1 aliphatic heterocycles. The molecule has 9 heteroatoms. The van der Waals surface area contributed by atoms with Crippen molar-refractivity contribution in [3.8, 4) is 0 Å². The third-order valence-electron chi connectivity index (χ3n) is 3.10. The molecule has 0 aliphatic carbocycles. The van der Waals surface area contributed by atoms with E-state index in [1.54, 1.807) is 0 Å². The highest BCUT2D eigenvalue weighted by atomic mass is 35.5. The lowest BCUT2D eigenvalue weighted by molar-refractivity contribution is -0.137. The fourth-order valence-corrected chi connectivity index (χ4v) is 2.48. The van der Waals surface area contributed by atoms with Gasteiger partial charge in [0.15, 0.2) is 0 Å². The van der Waals surface area contributed by atoms with Gasteiger partial charge in [0.1, 0.15) is 6.29 Å². The molecular formula is C13H16ClF3N4O. The van der Waals surface area contributed by atoms with Gasteiger partial charge in [-0.15, -0.1) is 11.6 Å².